The lowest BCUT2D eigenvalue weighted by Crippen LogP contribution is -2.11. The minimum absolute atomic E-state index is 0.533. The van der Waals surface area contributed by atoms with Gasteiger partial charge >= 0.3 is 0 Å². The maximum absolute atomic E-state index is 10.1. The molecule has 0 aromatic carbocycles. The Bertz CT molecular complexity index is 330. The molecule has 1 rings (SSSR count). The van der Waals surface area contributed by atoms with Gasteiger partial charge in [-0.05, 0) is 13.3 Å². The number of hydrogen-bond acceptors (Lipinski definition) is 3. The molecule has 0 aliphatic carbocycles. The fourth-order valence-electron chi connectivity index (χ4n) is 1.41. The van der Waals surface area contributed by atoms with Crippen LogP contribution in [0.2, 0.25) is 5.02 Å². The van der Waals surface area contributed by atoms with Gasteiger partial charge in [-0.1, -0.05) is 25.4 Å². The number of aryl methyl sites for hydroxylation is 1. The first kappa shape index (κ1) is 13.9. The van der Waals surface area contributed by atoms with E-state index in [4.69, 9.17) is 11.6 Å². The van der Waals surface area contributed by atoms with Crippen LogP contribution in [0.1, 0.15) is 39.0 Å². The normalized spacial score (nSPS) is 15.1. The number of thioether (sulfide) groups is 1. The maximum Gasteiger partial charge on any atom is 0.106 e. The highest BCUT2D eigenvalue weighted by molar-refractivity contribution is 7.99. The monoisotopic (exact) mass is 262 g/mol. The van der Waals surface area contributed by atoms with Gasteiger partial charge in [-0.2, -0.15) is 16.9 Å². The third kappa shape index (κ3) is 3.40. The van der Waals surface area contributed by atoms with E-state index in [1.54, 1.807) is 22.6 Å². The van der Waals surface area contributed by atoms with Gasteiger partial charge in [0.25, 0.3) is 0 Å². The van der Waals surface area contributed by atoms with Crippen LogP contribution in [0.3, 0.4) is 0 Å². The Kier molecular flexibility index (Phi) is 5.66. The van der Waals surface area contributed by atoms with Gasteiger partial charge in [0, 0.05) is 17.5 Å². The minimum Gasteiger partial charge on any atom is -0.386 e. The third-order valence-electron chi connectivity index (χ3n) is 2.56. The molecule has 0 spiro atoms. The summed E-state index contributed by atoms with van der Waals surface area (Å²) in [6.07, 6.45) is 2.17. The van der Waals surface area contributed by atoms with E-state index in [2.05, 4.69) is 18.9 Å². The van der Waals surface area contributed by atoms with E-state index in [-0.39, 0.29) is 0 Å². The van der Waals surface area contributed by atoms with Gasteiger partial charge in [0.15, 0.2) is 0 Å². The number of aliphatic hydroxyl groups excluding tert-OH is 1. The highest BCUT2D eigenvalue weighted by Crippen LogP contribution is 2.27. The van der Waals surface area contributed by atoms with E-state index in [0.29, 0.717) is 16.0 Å². The Morgan fingerprint density at radius 2 is 2.25 bits per heavy atom. The highest BCUT2D eigenvalue weighted by Gasteiger charge is 2.18. The Hall–Kier alpha value is -0.190. The Balaban J connectivity index is 2.64. The van der Waals surface area contributed by atoms with Crippen LogP contribution < -0.4 is 0 Å². The molecule has 5 heteroatoms. The average Bonchev–Trinajstić information content (AvgIpc) is 2.66. The Morgan fingerprint density at radius 1 is 1.56 bits per heavy atom. The van der Waals surface area contributed by atoms with Crippen molar-refractivity contribution in [2.45, 2.75) is 45.1 Å². The molecule has 0 saturated carbocycles. The van der Waals surface area contributed by atoms with Crippen molar-refractivity contribution in [2.75, 3.05) is 5.75 Å². The number of hydrogen-bond donors (Lipinski definition) is 1. The second kappa shape index (κ2) is 6.52. The number of nitrogens with zero attached hydrogens (tertiary/aromatic N) is 2. The number of rotatable bonds is 6. The van der Waals surface area contributed by atoms with E-state index >= 15 is 0 Å². The lowest BCUT2D eigenvalue weighted by Gasteiger charge is -2.15. The molecule has 2 atom stereocenters. The molecule has 2 unspecified atom stereocenters. The van der Waals surface area contributed by atoms with Crippen molar-refractivity contribution >= 4 is 23.4 Å². The molecule has 92 valence electrons. The molecule has 0 aliphatic rings. The van der Waals surface area contributed by atoms with E-state index in [1.807, 2.05) is 6.92 Å². The Labute approximate surface area is 106 Å². The van der Waals surface area contributed by atoms with Crippen molar-refractivity contribution in [1.29, 1.82) is 0 Å². The van der Waals surface area contributed by atoms with Gasteiger partial charge in [-0.3, -0.25) is 4.68 Å². The summed E-state index contributed by atoms with van der Waals surface area (Å²) in [4.78, 5) is 0. The summed E-state index contributed by atoms with van der Waals surface area (Å²) in [6, 6.07) is 0. The highest BCUT2D eigenvalue weighted by atomic mass is 35.5. The molecule has 0 fully saturated rings. The van der Waals surface area contributed by atoms with Gasteiger partial charge < -0.3 is 5.11 Å². The van der Waals surface area contributed by atoms with E-state index in [9.17, 15) is 5.11 Å². The summed E-state index contributed by atoms with van der Waals surface area (Å²) in [5.74, 6) is 0.667. The van der Waals surface area contributed by atoms with Crippen LogP contribution in [0.15, 0.2) is 6.20 Å². The molecule has 0 aliphatic heterocycles. The summed E-state index contributed by atoms with van der Waals surface area (Å²) in [7, 11) is 0. The fourth-order valence-corrected chi connectivity index (χ4v) is 2.58. The lowest BCUT2D eigenvalue weighted by atomic mass is 10.3. The molecule has 1 heterocycles. The van der Waals surface area contributed by atoms with Gasteiger partial charge in [0.05, 0.1) is 16.9 Å². The molecule has 1 aromatic rings. The molecular weight excluding hydrogens is 244 g/mol. The molecular formula is C11H19ClN2OS. The van der Waals surface area contributed by atoms with Gasteiger partial charge in [0.1, 0.15) is 6.10 Å². The molecule has 0 amide bonds. The van der Waals surface area contributed by atoms with E-state index in [1.165, 1.54) is 0 Å². The van der Waals surface area contributed by atoms with E-state index in [0.717, 1.165) is 18.7 Å². The topological polar surface area (TPSA) is 38.1 Å². The summed E-state index contributed by atoms with van der Waals surface area (Å²) >= 11 is 7.78. The van der Waals surface area contributed by atoms with Gasteiger partial charge in [-0.25, -0.2) is 0 Å². The molecule has 3 nitrogen and oxygen atoms in total. The lowest BCUT2D eigenvalue weighted by molar-refractivity contribution is 0.192. The first-order valence-corrected chi connectivity index (χ1v) is 7.03. The number of aromatic nitrogens is 2. The predicted octanol–water partition coefficient (Wildman–Crippen LogP) is 3.12. The number of halogens is 1. The molecule has 0 radical (unpaired) electrons. The number of aliphatic hydroxyl groups is 1. The quantitative estimate of drug-likeness (QED) is 0.856. The van der Waals surface area contributed by atoms with Crippen molar-refractivity contribution < 1.29 is 5.11 Å². The van der Waals surface area contributed by atoms with Crippen LogP contribution in [-0.4, -0.2) is 25.9 Å². The first-order chi connectivity index (χ1) is 7.60. The van der Waals surface area contributed by atoms with Crippen LogP contribution in [0, 0.1) is 0 Å². The van der Waals surface area contributed by atoms with E-state index < -0.39 is 6.10 Å². The van der Waals surface area contributed by atoms with Crippen molar-refractivity contribution in [3.63, 3.8) is 0 Å². The third-order valence-corrected chi connectivity index (χ3v) is 4.26. The predicted molar refractivity (Wildman–Crippen MR) is 70.1 cm³/mol. The standard InChI is InChI=1S/C11H19ClN2OS/c1-4-8(3)16-7-10(15)11-9(12)6-13-14(11)5-2/h6,8,10,15H,4-5,7H2,1-3H3. The van der Waals surface area contributed by atoms with Crippen molar-refractivity contribution in [3.8, 4) is 0 Å². The largest absolute Gasteiger partial charge is 0.386 e. The van der Waals surface area contributed by atoms with Gasteiger partial charge in [-0.15, -0.1) is 0 Å². The van der Waals surface area contributed by atoms with Crippen LogP contribution in [-0.2, 0) is 6.54 Å². The minimum atomic E-state index is -0.533. The summed E-state index contributed by atoms with van der Waals surface area (Å²) < 4.78 is 1.75. The molecule has 0 bridgehead atoms. The van der Waals surface area contributed by atoms with Crippen LogP contribution in [0.25, 0.3) is 0 Å². The Morgan fingerprint density at radius 3 is 2.81 bits per heavy atom. The smallest absolute Gasteiger partial charge is 0.106 e. The zero-order valence-corrected chi connectivity index (χ0v) is 11.6. The van der Waals surface area contributed by atoms with Crippen LogP contribution >= 0.6 is 23.4 Å². The SMILES string of the molecule is CCC(C)SCC(O)c1c(Cl)cnn1CC. The van der Waals surface area contributed by atoms with Crippen molar-refractivity contribution in [2.24, 2.45) is 0 Å². The zero-order valence-electron chi connectivity index (χ0n) is 9.98. The fraction of sp³-hybridized carbons (Fsp3) is 0.727. The first-order valence-electron chi connectivity index (χ1n) is 5.61. The second-order valence-electron chi connectivity index (χ2n) is 3.76. The summed E-state index contributed by atoms with van der Waals surface area (Å²) in [6.45, 7) is 7.03. The average molecular weight is 263 g/mol. The summed E-state index contributed by atoms with van der Waals surface area (Å²) in [5.41, 5.74) is 0.736. The van der Waals surface area contributed by atoms with Gasteiger partial charge in [0.2, 0.25) is 0 Å². The maximum atomic E-state index is 10.1. The van der Waals surface area contributed by atoms with Crippen molar-refractivity contribution in [1.82, 2.24) is 9.78 Å². The molecule has 1 aromatic heterocycles. The zero-order chi connectivity index (χ0) is 12.1. The van der Waals surface area contributed by atoms with Crippen LogP contribution in [0.5, 0.6) is 0 Å². The molecule has 16 heavy (non-hydrogen) atoms. The molecule has 0 saturated heterocycles. The molecule has 1 N–H and O–H groups in total. The van der Waals surface area contributed by atoms with Crippen molar-refractivity contribution in [3.05, 3.63) is 16.9 Å². The van der Waals surface area contributed by atoms with Crippen LogP contribution in [0.4, 0.5) is 0 Å². The summed E-state index contributed by atoms with van der Waals surface area (Å²) in [5, 5.41) is 15.3. The second-order valence-corrected chi connectivity index (χ2v) is 5.64.